The molecule has 11 heteroatoms. The number of nitriles is 1. The van der Waals surface area contributed by atoms with Crippen LogP contribution in [0.1, 0.15) is 24.3 Å². The number of aromatic nitrogens is 3. The molecular weight excluding hydrogens is 461 g/mol. The topological polar surface area (TPSA) is 108 Å². The highest BCUT2D eigenvalue weighted by Gasteiger charge is 2.26. The molecule has 1 aromatic carbocycles. The van der Waals surface area contributed by atoms with Crippen molar-refractivity contribution in [1.82, 2.24) is 24.3 Å². The number of aliphatic imine (C=N–C) groups is 1. The first-order valence-corrected chi connectivity index (χ1v) is 12.3. The Hall–Kier alpha value is -3.91. The first-order chi connectivity index (χ1) is 17.0. The lowest BCUT2D eigenvalue weighted by Crippen LogP contribution is -2.38. The van der Waals surface area contributed by atoms with Crippen LogP contribution in [0.15, 0.2) is 63.1 Å². The zero-order valence-electron chi connectivity index (χ0n) is 19.8. The Bertz CT molecular complexity index is 1420. The van der Waals surface area contributed by atoms with Gasteiger partial charge in [-0.25, -0.2) is 19.6 Å². The van der Waals surface area contributed by atoms with Gasteiger partial charge in [-0.2, -0.15) is 0 Å². The summed E-state index contributed by atoms with van der Waals surface area (Å²) in [7, 11) is 0. The monoisotopic (exact) mass is 487 g/mol. The Kier molecular flexibility index (Phi) is 7.32. The van der Waals surface area contributed by atoms with Gasteiger partial charge in [0.25, 0.3) is 12.6 Å². The smallest absolute Gasteiger partial charge is 0.335 e. The van der Waals surface area contributed by atoms with Gasteiger partial charge >= 0.3 is 5.69 Å². The Morgan fingerprint density at radius 2 is 2.06 bits per heavy atom. The van der Waals surface area contributed by atoms with Crippen LogP contribution in [0.4, 0.5) is 0 Å². The van der Waals surface area contributed by atoms with Crippen molar-refractivity contribution >= 4 is 41.7 Å². The van der Waals surface area contributed by atoms with Crippen molar-refractivity contribution in [1.29, 1.82) is 5.26 Å². The summed E-state index contributed by atoms with van der Waals surface area (Å²) in [5.41, 5.74) is 2.91. The molecule has 0 atom stereocenters. The number of hydrogen-bond acceptors (Lipinski definition) is 7. The van der Waals surface area contributed by atoms with E-state index in [2.05, 4.69) is 32.9 Å². The fourth-order valence-corrected chi connectivity index (χ4v) is 5.18. The van der Waals surface area contributed by atoms with E-state index in [-0.39, 0.29) is 18.1 Å². The molecule has 4 rings (SSSR count). The number of rotatable bonds is 7. The molecule has 1 N–H and O–H groups in total. The summed E-state index contributed by atoms with van der Waals surface area (Å²) in [4.78, 5) is 36.7. The van der Waals surface area contributed by atoms with E-state index in [9.17, 15) is 14.9 Å². The molecule has 2 aromatic heterocycles. The molecule has 3 heterocycles. The van der Waals surface area contributed by atoms with Gasteiger partial charge < -0.3 is 10.2 Å². The minimum Gasteiger partial charge on any atom is -0.371 e. The van der Waals surface area contributed by atoms with E-state index in [1.807, 2.05) is 44.2 Å². The van der Waals surface area contributed by atoms with Crippen molar-refractivity contribution in [3.63, 3.8) is 0 Å². The van der Waals surface area contributed by atoms with Crippen molar-refractivity contribution in [3.8, 4) is 11.1 Å². The highest BCUT2D eigenvalue weighted by molar-refractivity contribution is 7.12. The number of carbonyl (C=O) groups is 1. The van der Waals surface area contributed by atoms with E-state index in [1.165, 1.54) is 17.5 Å². The number of para-hydroxylation sites is 2. The summed E-state index contributed by atoms with van der Waals surface area (Å²) in [6, 6.07) is 7.53. The molecule has 178 valence electrons. The summed E-state index contributed by atoms with van der Waals surface area (Å²) >= 11 is 1.24. The van der Waals surface area contributed by atoms with Gasteiger partial charge in [0.15, 0.2) is 5.13 Å². The average Bonchev–Trinajstić information content (AvgIpc) is 3.46. The second-order valence-electron chi connectivity index (χ2n) is 8.11. The second-order valence-corrected chi connectivity index (χ2v) is 8.95. The van der Waals surface area contributed by atoms with Gasteiger partial charge in [0.2, 0.25) is 0 Å². The number of hydrogen-bond donors (Lipinski definition) is 1. The molecule has 3 aromatic rings. The summed E-state index contributed by atoms with van der Waals surface area (Å²) in [6.45, 7) is 9.37. The van der Waals surface area contributed by atoms with E-state index in [4.69, 9.17) is 0 Å². The average molecular weight is 487 g/mol. The van der Waals surface area contributed by atoms with Crippen LogP contribution >= 0.6 is 11.3 Å². The zero-order valence-corrected chi connectivity index (χ0v) is 20.6. The minimum absolute atomic E-state index is 0.0550. The van der Waals surface area contributed by atoms with Gasteiger partial charge in [-0.3, -0.25) is 14.4 Å². The van der Waals surface area contributed by atoms with Gasteiger partial charge in [-0.15, -0.1) is 11.3 Å². The summed E-state index contributed by atoms with van der Waals surface area (Å²) in [5, 5.41) is 14.2. The Labute approximate surface area is 207 Å². The first-order valence-electron chi connectivity index (χ1n) is 11.5. The zero-order chi connectivity index (χ0) is 24.9. The van der Waals surface area contributed by atoms with Crippen LogP contribution in [0.2, 0.25) is 12.6 Å². The fourth-order valence-electron chi connectivity index (χ4n) is 4.37. The molecule has 0 aliphatic carbocycles. The van der Waals surface area contributed by atoms with Crippen LogP contribution in [-0.4, -0.2) is 51.4 Å². The van der Waals surface area contributed by atoms with Crippen LogP contribution in [0.3, 0.4) is 0 Å². The molecule has 1 fully saturated rings. The minimum atomic E-state index is -0.402. The lowest BCUT2D eigenvalue weighted by molar-refractivity contribution is 0.0960. The third-order valence-electron chi connectivity index (χ3n) is 6.10. The summed E-state index contributed by atoms with van der Waals surface area (Å²) in [5.74, 6) is 1.93. The number of nitrogens with zero attached hydrogens (tertiary/aromatic N) is 6. The standard InChI is InChI=1S/C24H26BN7O2S/c1-4-19(30-12-10-25(16-26)11-13-30)17(14-27-3)28-22(33)18-15-35-23(29-18)32-21-9-7-6-8-20(21)31(5-2)24(32)34/h4,6-9,14-15H,3,5,10-13H2,1-2H3,(H,28,33)/b17-14+,19-4+. The van der Waals surface area contributed by atoms with Crippen LogP contribution < -0.4 is 11.0 Å². The van der Waals surface area contributed by atoms with Crippen LogP contribution in [-0.2, 0) is 6.54 Å². The van der Waals surface area contributed by atoms with Crippen molar-refractivity contribution < 1.29 is 4.79 Å². The maximum Gasteiger partial charge on any atom is 0.335 e. The van der Waals surface area contributed by atoms with E-state index >= 15 is 0 Å². The predicted octanol–water partition coefficient (Wildman–Crippen LogP) is 3.32. The second kappa shape index (κ2) is 10.6. The largest absolute Gasteiger partial charge is 0.371 e. The van der Waals surface area contributed by atoms with E-state index in [0.717, 1.165) is 29.4 Å². The molecule has 1 aliphatic rings. The van der Waals surface area contributed by atoms with Crippen molar-refractivity contribution in [2.75, 3.05) is 13.1 Å². The van der Waals surface area contributed by atoms with Crippen molar-refractivity contribution in [3.05, 3.63) is 69.5 Å². The van der Waals surface area contributed by atoms with Crippen LogP contribution in [0.25, 0.3) is 16.2 Å². The normalized spacial score (nSPS) is 14.8. The van der Waals surface area contributed by atoms with E-state index < -0.39 is 5.91 Å². The van der Waals surface area contributed by atoms with Crippen LogP contribution in [0, 0.1) is 11.2 Å². The first kappa shape index (κ1) is 24.2. The van der Waals surface area contributed by atoms with Gasteiger partial charge in [-0.1, -0.05) is 18.2 Å². The third-order valence-corrected chi connectivity index (χ3v) is 6.93. The SMILES string of the molecule is C=N/C=C(NC(=O)c1csc(-n2c(=O)n(CC)c3ccccc32)n1)\C(=C/C)N1CCB(C#N)CC1. The molecule has 0 unspecified atom stereocenters. The molecule has 0 saturated carbocycles. The summed E-state index contributed by atoms with van der Waals surface area (Å²) in [6.07, 6.45) is 4.96. The number of aryl methyl sites for hydroxylation is 1. The number of allylic oxidation sites excluding steroid dienone is 1. The van der Waals surface area contributed by atoms with E-state index in [1.54, 1.807) is 14.5 Å². The predicted molar refractivity (Wildman–Crippen MR) is 140 cm³/mol. The molecule has 35 heavy (non-hydrogen) atoms. The van der Waals surface area contributed by atoms with Gasteiger partial charge in [0, 0.05) is 31.0 Å². The number of thiazole rings is 1. The Balaban J connectivity index is 1.59. The number of fused-ring (bicyclic) bond motifs is 1. The van der Waals surface area contributed by atoms with E-state index in [0.29, 0.717) is 30.5 Å². The number of amides is 1. The highest BCUT2D eigenvalue weighted by Crippen LogP contribution is 2.23. The molecule has 1 saturated heterocycles. The summed E-state index contributed by atoms with van der Waals surface area (Å²) < 4.78 is 3.22. The third kappa shape index (κ3) is 4.70. The lowest BCUT2D eigenvalue weighted by atomic mass is 9.45. The number of benzene rings is 1. The molecule has 0 spiro atoms. The lowest BCUT2D eigenvalue weighted by Gasteiger charge is -2.33. The molecule has 0 radical (unpaired) electrons. The fraction of sp³-hybridized carbons (Fsp3) is 0.292. The Morgan fingerprint density at radius 1 is 1.34 bits per heavy atom. The van der Waals surface area contributed by atoms with Crippen molar-refractivity contribution in [2.24, 2.45) is 4.99 Å². The number of nitrogens with one attached hydrogen (secondary N) is 1. The maximum absolute atomic E-state index is 13.1. The van der Waals surface area contributed by atoms with Gasteiger partial charge in [-0.05, 0) is 45.3 Å². The number of imidazole rings is 1. The highest BCUT2D eigenvalue weighted by atomic mass is 32.1. The van der Waals surface area contributed by atoms with Gasteiger partial charge in [0.05, 0.1) is 28.6 Å². The number of carbonyl (C=O) groups excluding carboxylic acids is 1. The molecule has 1 aliphatic heterocycles. The molecular formula is C24H26BN7O2S. The van der Waals surface area contributed by atoms with Crippen molar-refractivity contribution in [2.45, 2.75) is 33.0 Å². The molecule has 1 amide bonds. The molecule has 9 nitrogen and oxygen atoms in total. The van der Waals surface area contributed by atoms with Crippen LogP contribution in [0.5, 0.6) is 0 Å². The quantitative estimate of drug-likeness (QED) is 0.313. The molecule has 0 bridgehead atoms. The Morgan fingerprint density at radius 3 is 2.69 bits per heavy atom. The van der Waals surface area contributed by atoms with Gasteiger partial charge in [0.1, 0.15) is 5.69 Å². The maximum atomic E-state index is 13.1.